The largest absolute Gasteiger partial charge is 0.369 e. The molecule has 2 rings (SSSR count). The number of aromatic nitrogens is 1. The third-order valence-electron chi connectivity index (χ3n) is 2.28. The lowest BCUT2D eigenvalue weighted by Gasteiger charge is -2.16. The van der Waals surface area contributed by atoms with E-state index in [1.165, 1.54) is 5.56 Å². The van der Waals surface area contributed by atoms with Gasteiger partial charge < -0.3 is 5.32 Å². The van der Waals surface area contributed by atoms with Crippen LogP contribution in [0.4, 0.5) is 5.82 Å². The summed E-state index contributed by atoms with van der Waals surface area (Å²) in [6.07, 6.45) is 1.83. The zero-order chi connectivity index (χ0) is 8.77. The molecule has 0 radical (unpaired) electrons. The van der Waals surface area contributed by atoms with Crippen LogP contribution < -0.4 is 5.32 Å². The van der Waals surface area contributed by atoms with E-state index < -0.39 is 0 Å². The third-order valence-corrected chi connectivity index (χ3v) is 2.71. The molecule has 4 heteroatoms. The van der Waals surface area contributed by atoms with E-state index in [1.807, 2.05) is 6.20 Å². The summed E-state index contributed by atoms with van der Waals surface area (Å²) in [5.74, 6) is 1.03. The number of hydrogen-bond acceptors (Lipinski definition) is 2. The Bertz CT molecular complexity index is 325. The lowest BCUT2D eigenvalue weighted by atomic mass is 9.88. The molecule has 0 fully saturated rings. The van der Waals surface area contributed by atoms with Crippen LogP contribution in [0.25, 0.3) is 0 Å². The maximum atomic E-state index is 4.30. The second-order valence-corrected chi connectivity index (χ2v) is 4.70. The predicted octanol–water partition coefficient (Wildman–Crippen LogP) is 2.97. The number of pyridine rings is 1. The molecule has 1 N–H and O–H groups in total. The summed E-state index contributed by atoms with van der Waals surface area (Å²) in [4.78, 5) is 4.30. The van der Waals surface area contributed by atoms with Gasteiger partial charge in [0.1, 0.15) is 5.82 Å². The van der Waals surface area contributed by atoms with Crippen LogP contribution in [0.3, 0.4) is 0 Å². The van der Waals surface area contributed by atoms with Crippen molar-refractivity contribution in [3.05, 3.63) is 22.3 Å². The van der Waals surface area contributed by atoms with Crippen LogP contribution in [0.1, 0.15) is 19.4 Å². The molecule has 0 atom stereocenters. The molecule has 1 aliphatic rings. The van der Waals surface area contributed by atoms with Crippen molar-refractivity contribution in [3.8, 4) is 0 Å². The monoisotopic (exact) mass is 262 g/mol. The molecule has 0 spiro atoms. The highest BCUT2D eigenvalue weighted by Crippen LogP contribution is 2.35. The Morgan fingerprint density at radius 3 is 2.92 bits per heavy atom. The number of rotatable bonds is 0. The number of fused-ring (bicyclic) bond motifs is 1. The molecule has 72 valence electrons. The van der Waals surface area contributed by atoms with Crippen molar-refractivity contribution in [1.82, 2.24) is 4.98 Å². The van der Waals surface area contributed by atoms with Gasteiger partial charge in [0, 0.05) is 28.2 Å². The van der Waals surface area contributed by atoms with Gasteiger partial charge in [-0.1, -0.05) is 13.8 Å². The predicted molar refractivity (Wildman–Crippen MR) is 60.7 cm³/mol. The van der Waals surface area contributed by atoms with Gasteiger partial charge >= 0.3 is 0 Å². The lowest BCUT2D eigenvalue weighted by Crippen LogP contribution is -2.18. The van der Waals surface area contributed by atoms with E-state index in [4.69, 9.17) is 0 Å². The van der Waals surface area contributed by atoms with Crippen molar-refractivity contribution >= 4 is 34.2 Å². The van der Waals surface area contributed by atoms with E-state index >= 15 is 0 Å². The van der Waals surface area contributed by atoms with Crippen molar-refractivity contribution in [3.63, 3.8) is 0 Å². The second kappa shape index (κ2) is 3.46. The van der Waals surface area contributed by atoms with E-state index in [0.29, 0.717) is 0 Å². The molecule has 13 heavy (non-hydrogen) atoms. The average Bonchev–Trinajstić information content (AvgIpc) is 2.28. The van der Waals surface area contributed by atoms with Gasteiger partial charge in [-0.15, -0.1) is 12.4 Å². The molecule has 0 saturated carbocycles. The highest BCUT2D eigenvalue weighted by Gasteiger charge is 2.30. The molecule has 0 unspecified atom stereocenters. The summed E-state index contributed by atoms with van der Waals surface area (Å²) < 4.78 is 1.05. The zero-order valence-electron chi connectivity index (χ0n) is 7.60. The molecular weight excluding hydrogens is 251 g/mol. The van der Waals surface area contributed by atoms with Crippen molar-refractivity contribution < 1.29 is 0 Å². The quantitative estimate of drug-likeness (QED) is 0.778. The highest BCUT2D eigenvalue weighted by atomic mass is 79.9. The number of hydrogen-bond donors (Lipinski definition) is 1. The Morgan fingerprint density at radius 1 is 1.54 bits per heavy atom. The van der Waals surface area contributed by atoms with Crippen LogP contribution in [0.2, 0.25) is 0 Å². The van der Waals surface area contributed by atoms with Crippen molar-refractivity contribution in [1.29, 1.82) is 0 Å². The number of nitrogens with one attached hydrogen (secondary N) is 1. The van der Waals surface area contributed by atoms with Gasteiger partial charge in [0.2, 0.25) is 0 Å². The fourth-order valence-corrected chi connectivity index (χ4v) is 1.83. The SMILES string of the molecule is CC1(C)CNc2ncc(Br)cc21.Cl. The molecule has 0 amide bonds. The maximum absolute atomic E-state index is 4.30. The summed E-state index contributed by atoms with van der Waals surface area (Å²) in [6.45, 7) is 5.42. The molecule has 2 nitrogen and oxygen atoms in total. The topological polar surface area (TPSA) is 24.9 Å². The Hall–Kier alpha value is -0.280. The summed E-state index contributed by atoms with van der Waals surface area (Å²) in [7, 11) is 0. The van der Waals surface area contributed by atoms with E-state index in [1.54, 1.807) is 0 Å². The minimum absolute atomic E-state index is 0. The summed E-state index contributed by atoms with van der Waals surface area (Å²) >= 11 is 3.43. The standard InChI is InChI=1S/C9H11BrN2.ClH/c1-9(2)5-12-8-7(9)3-6(10)4-11-8;/h3-4H,5H2,1-2H3,(H,11,12);1H. The first-order valence-corrected chi connectivity index (χ1v) is 4.79. The van der Waals surface area contributed by atoms with Crippen molar-refractivity contribution in [2.24, 2.45) is 0 Å². The van der Waals surface area contributed by atoms with Crippen LogP contribution in [0.5, 0.6) is 0 Å². The van der Waals surface area contributed by atoms with Crippen LogP contribution in [0.15, 0.2) is 16.7 Å². The summed E-state index contributed by atoms with van der Waals surface area (Å²) in [6, 6.07) is 2.14. The molecule has 2 heterocycles. The van der Waals surface area contributed by atoms with Gasteiger partial charge in [-0.05, 0) is 22.0 Å². The fraction of sp³-hybridized carbons (Fsp3) is 0.444. The zero-order valence-corrected chi connectivity index (χ0v) is 10.00. The Labute approximate surface area is 92.7 Å². The van der Waals surface area contributed by atoms with E-state index in [9.17, 15) is 0 Å². The van der Waals surface area contributed by atoms with Crippen LogP contribution >= 0.6 is 28.3 Å². The van der Waals surface area contributed by atoms with Crippen molar-refractivity contribution in [2.45, 2.75) is 19.3 Å². The van der Waals surface area contributed by atoms with E-state index in [0.717, 1.165) is 16.8 Å². The molecule has 0 aromatic carbocycles. The molecule has 1 aromatic heterocycles. The lowest BCUT2D eigenvalue weighted by molar-refractivity contribution is 0.586. The summed E-state index contributed by atoms with van der Waals surface area (Å²) in [5.41, 5.74) is 1.52. The van der Waals surface area contributed by atoms with Crippen LogP contribution in [0, 0.1) is 0 Å². The number of halogens is 2. The first kappa shape index (κ1) is 10.8. The first-order valence-electron chi connectivity index (χ1n) is 3.99. The maximum Gasteiger partial charge on any atom is 0.129 e. The van der Waals surface area contributed by atoms with Gasteiger partial charge in [0.05, 0.1) is 0 Å². The number of anilines is 1. The van der Waals surface area contributed by atoms with Crippen molar-refractivity contribution in [2.75, 3.05) is 11.9 Å². The van der Waals surface area contributed by atoms with Gasteiger partial charge in [-0.2, -0.15) is 0 Å². The van der Waals surface area contributed by atoms with Gasteiger partial charge in [0.25, 0.3) is 0 Å². The number of nitrogens with zero attached hydrogens (tertiary/aromatic N) is 1. The molecule has 0 bridgehead atoms. The molecule has 0 aliphatic carbocycles. The molecular formula is C9H12BrClN2. The minimum Gasteiger partial charge on any atom is -0.369 e. The Balaban J connectivity index is 0.000000845. The average molecular weight is 264 g/mol. The fourth-order valence-electron chi connectivity index (χ4n) is 1.50. The van der Waals surface area contributed by atoms with E-state index in [2.05, 4.69) is 46.1 Å². The Morgan fingerprint density at radius 2 is 2.23 bits per heavy atom. The molecule has 1 aliphatic heterocycles. The normalized spacial score (nSPS) is 17.2. The second-order valence-electron chi connectivity index (χ2n) is 3.79. The Kier molecular flexibility index (Phi) is 2.88. The minimum atomic E-state index is 0. The van der Waals surface area contributed by atoms with Gasteiger partial charge in [0.15, 0.2) is 0 Å². The first-order chi connectivity index (χ1) is 5.59. The molecule has 0 saturated heterocycles. The van der Waals surface area contributed by atoms with Crippen LogP contribution in [-0.4, -0.2) is 11.5 Å². The molecule has 1 aromatic rings. The van der Waals surface area contributed by atoms with E-state index in [-0.39, 0.29) is 17.8 Å². The van der Waals surface area contributed by atoms with Gasteiger partial charge in [-0.25, -0.2) is 4.98 Å². The van der Waals surface area contributed by atoms with Crippen LogP contribution in [-0.2, 0) is 5.41 Å². The summed E-state index contributed by atoms with van der Waals surface area (Å²) in [5, 5.41) is 3.29. The third kappa shape index (κ3) is 1.81. The highest BCUT2D eigenvalue weighted by molar-refractivity contribution is 9.10. The smallest absolute Gasteiger partial charge is 0.129 e. The van der Waals surface area contributed by atoms with Gasteiger partial charge in [-0.3, -0.25) is 0 Å².